The van der Waals surface area contributed by atoms with E-state index in [9.17, 15) is 14.9 Å². The Bertz CT molecular complexity index is 510. The first-order valence-electron chi connectivity index (χ1n) is 6.02. The molecule has 0 aliphatic heterocycles. The van der Waals surface area contributed by atoms with Gasteiger partial charge in [0.05, 0.1) is 12.0 Å². The molecule has 0 bridgehead atoms. The minimum absolute atomic E-state index is 0.0903. The number of nitrogens with zero attached hydrogens (tertiary/aromatic N) is 1. The van der Waals surface area contributed by atoms with Gasteiger partial charge in [0.25, 0.3) is 0 Å². The van der Waals surface area contributed by atoms with Crippen molar-refractivity contribution in [1.82, 2.24) is 0 Å². The lowest BCUT2D eigenvalue weighted by Gasteiger charge is -2.16. The van der Waals surface area contributed by atoms with E-state index in [0.717, 1.165) is 18.4 Å². The Morgan fingerprint density at radius 3 is 2.68 bits per heavy atom. The number of methoxy groups -OCH3 is 1. The maximum Gasteiger partial charge on any atom is 0.347 e. The number of rotatable bonds is 5. The smallest absolute Gasteiger partial charge is 0.347 e. The molecule has 0 amide bonds. The van der Waals surface area contributed by atoms with Crippen LogP contribution < -0.4 is 4.74 Å². The van der Waals surface area contributed by atoms with Gasteiger partial charge in [0.15, 0.2) is 11.9 Å². The molecule has 1 saturated carbocycles. The normalized spacial score (nSPS) is 15.7. The molecule has 1 aromatic rings. The van der Waals surface area contributed by atoms with Crippen LogP contribution in [0.2, 0.25) is 0 Å². The number of hydrogen-bond acceptors (Lipinski definition) is 5. The topological polar surface area (TPSA) is 78.7 Å². The molecule has 19 heavy (non-hydrogen) atoms. The molecule has 1 atom stereocenters. The van der Waals surface area contributed by atoms with Gasteiger partial charge in [-0.1, -0.05) is 6.07 Å². The highest BCUT2D eigenvalue weighted by atomic mass is 16.6. The van der Waals surface area contributed by atoms with E-state index >= 15 is 0 Å². The van der Waals surface area contributed by atoms with Crippen molar-refractivity contribution in [3.8, 4) is 5.75 Å². The van der Waals surface area contributed by atoms with Crippen molar-refractivity contribution in [3.05, 3.63) is 33.9 Å². The first-order chi connectivity index (χ1) is 9.02. The van der Waals surface area contributed by atoms with Crippen LogP contribution in [-0.2, 0) is 9.53 Å². The van der Waals surface area contributed by atoms with Gasteiger partial charge >= 0.3 is 11.7 Å². The van der Waals surface area contributed by atoms with E-state index < -0.39 is 17.0 Å². The predicted molar refractivity (Wildman–Crippen MR) is 67.0 cm³/mol. The molecule has 1 fully saturated rings. The van der Waals surface area contributed by atoms with Gasteiger partial charge in [0.2, 0.25) is 0 Å². The van der Waals surface area contributed by atoms with Gasteiger partial charge in [-0.05, 0) is 31.4 Å². The van der Waals surface area contributed by atoms with Crippen LogP contribution in [-0.4, -0.2) is 24.1 Å². The summed E-state index contributed by atoms with van der Waals surface area (Å²) in [6, 6.07) is 4.58. The maximum absolute atomic E-state index is 11.6. The van der Waals surface area contributed by atoms with Crippen LogP contribution in [0, 0.1) is 23.0 Å². The Balaban J connectivity index is 2.27. The van der Waals surface area contributed by atoms with Gasteiger partial charge in [-0.25, -0.2) is 4.79 Å². The van der Waals surface area contributed by atoms with Gasteiger partial charge in [-0.15, -0.1) is 0 Å². The SMILES string of the molecule is COC(=O)C(Oc1cc(C)ccc1[N+](=O)[O-])C1CC1. The molecular weight excluding hydrogens is 250 g/mol. The molecule has 6 heteroatoms. The predicted octanol–water partition coefficient (Wildman–Crippen LogP) is 2.23. The van der Waals surface area contributed by atoms with Crippen molar-refractivity contribution in [2.24, 2.45) is 5.92 Å². The summed E-state index contributed by atoms with van der Waals surface area (Å²) in [5.41, 5.74) is 0.695. The van der Waals surface area contributed by atoms with E-state index in [0.29, 0.717) is 0 Å². The number of ether oxygens (including phenoxy) is 2. The summed E-state index contributed by atoms with van der Waals surface area (Å²) >= 11 is 0. The van der Waals surface area contributed by atoms with E-state index in [-0.39, 0.29) is 17.4 Å². The Hall–Kier alpha value is -2.11. The highest BCUT2D eigenvalue weighted by Crippen LogP contribution is 2.37. The van der Waals surface area contributed by atoms with E-state index in [1.165, 1.54) is 13.2 Å². The molecule has 1 aliphatic carbocycles. The number of carbonyl (C=O) groups excluding carboxylic acids is 1. The lowest BCUT2D eigenvalue weighted by molar-refractivity contribution is -0.386. The third-order valence-corrected chi connectivity index (χ3v) is 3.05. The van der Waals surface area contributed by atoms with Gasteiger partial charge in [0, 0.05) is 12.0 Å². The minimum Gasteiger partial charge on any atom is -0.471 e. The number of nitro benzene ring substituents is 1. The summed E-state index contributed by atoms with van der Waals surface area (Å²) in [6.45, 7) is 1.81. The van der Waals surface area contributed by atoms with Crippen LogP contribution in [0.5, 0.6) is 5.75 Å². The first-order valence-corrected chi connectivity index (χ1v) is 6.02. The maximum atomic E-state index is 11.6. The Kier molecular flexibility index (Phi) is 3.69. The average Bonchev–Trinajstić information content (AvgIpc) is 3.19. The minimum atomic E-state index is -0.759. The molecule has 0 radical (unpaired) electrons. The summed E-state index contributed by atoms with van der Waals surface area (Å²) in [7, 11) is 1.28. The molecule has 102 valence electrons. The molecule has 1 unspecified atom stereocenters. The molecule has 0 N–H and O–H groups in total. The standard InChI is InChI=1S/C13H15NO5/c1-8-3-6-10(14(16)17)11(7-8)19-12(9-4-5-9)13(15)18-2/h3,6-7,9,12H,4-5H2,1-2H3. The highest BCUT2D eigenvalue weighted by Gasteiger charge is 2.40. The second-order valence-electron chi connectivity index (χ2n) is 4.63. The molecular formula is C13H15NO5. The van der Waals surface area contributed by atoms with Crippen molar-refractivity contribution in [3.63, 3.8) is 0 Å². The Morgan fingerprint density at radius 1 is 1.47 bits per heavy atom. The lowest BCUT2D eigenvalue weighted by Crippen LogP contribution is -2.30. The van der Waals surface area contributed by atoms with Crippen LogP contribution in [0.4, 0.5) is 5.69 Å². The monoisotopic (exact) mass is 265 g/mol. The number of benzene rings is 1. The fourth-order valence-electron chi connectivity index (χ4n) is 1.86. The zero-order valence-corrected chi connectivity index (χ0v) is 10.8. The van der Waals surface area contributed by atoms with E-state index in [1.54, 1.807) is 19.1 Å². The average molecular weight is 265 g/mol. The van der Waals surface area contributed by atoms with E-state index in [2.05, 4.69) is 4.74 Å². The highest BCUT2D eigenvalue weighted by molar-refractivity contribution is 5.76. The third-order valence-electron chi connectivity index (χ3n) is 3.05. The van der Waals surface area contributed by atoms with E-state index in [4.69, 9.17) is 4.74 Å². The van der Waals surface area contributed by atoms with Crippen molar-refractivity contribution in [2.75, 3.05) is 7.11 Å². The second kappa shape index (κ2) is 5.26. The van der Waals surface area contributed by atoms with Crippen molar-refractivity contribution in [2.45, 2.75) is 25.9 Å². The number of hydrogen-bond donors (Lipinski definition) is 0. The van der Waals surface area contributed by atoms with Gasteiger partial charge < -0.3 is 9.47 Å². The zero-order chi connectivity index (χ0) is 14.0. The molecule has 0 spiro atoms. The fourth-order valence-corrected chi connectivity index (χ4v) is 1.86. The van der Waals surface area contributed by atoms with Gasteiger partial charge in [-0.3, -0.25) is 10.1 Å². The number of nitro groups is 1. The lowest BCUT2D eigenvalue weighted by atomic mass is 10.2. The molecule has 0 saturated heterocycles. The second-order valence-corrected chi connectivity index (χ2v) is 4.63. The number of esters is 1. The molecule has 0 heterocycles. The summed E-state index contributed by atoms with van der Waals surface area (Å²) in [5.74, 6) is -0.279. The fraction of sp³-hybridized carbons (Fsp3) is 0.462. The van der Waals surface area contributed by atoms with Crippen LogP contribution in [0.1, 0.15) is 18.4 Å². The Labute approximate surface area is 110 Å². The molecule has 1 aromatic carbocycles. The van der Waals surface area contributed by atoms with Gasteiger partial charge in [0.1, 0.15) is 0 Å². The van der Waals surface area contributed by atoms with Crippen LogP contribution in [0.3, 0.4) is 0 Å². The van der Waals surface area contributed by atoms with Crippen molar-refractivity contribution >= 4 is 11.7 Å². The number of aryl methyl sites for hydroxylation is 1. The molecule has 1 aliphatic rings. The molecule has 2 rings (SSSR count). The molecule has 6 nitrogen and oxygen atoms in total. The third kappa shape index (κ3) is 3.01. The largest absolute Gasteiger partial charge is 0.471 e. The van der Waals surface area contributed by atoms with Crippen LogP contribution >= 0.6 is 0 Å². The zero-order valence-electron chi connectivity index (χ0n) is 10.8. The first kappa shape index (κ1) is 13.3. The number of carbonyl (C=O) groups is 1. The quantitative estimate of drug-likeness (QED) is 0.463. The van der Waals surface area contributed by atoms with Crippen LogP contribution in [0.25, 0.3) is 0 Å². The summed E-state index contributed by atoms with van der Waals surface area (Å²) in [4.78, 5) is 22.1. The summed E-state index contributed by atoms with van der Waals surface area (Å²) in [6.07, 6.45) is 0.990. The Morgan fingerprint density at radius 2 is 2.16 bits per heavy atom. The van der Waals surface area contributed by atoms with Crippen molar-refractivity contribution in [1.29, 1.82) is 0 Å². The summed E-state index contributed by atoms with van der Waals surface area (Å²) in [5, 5.41) is 10.9. The summed E-state index contributed by atoms with van der Waals surface area (Å²) < 4.78 is 10.2. The van der Waals surface area contributed by atoms with Crippen LogP contribution in [0.15, 0.2) is 18.2 Å². The van der Waals surface area contributed by atoms with E-state index in [1.807, 2.05) is 0 Å². The van der Waals surface area contributed by atoms with Gasteiger partial charge in [-0.2, -0.15) is 0 Å². The molecule has 0 aromatic heterocycles. The van der Waals surface area contributed by atoms with Crippen molar-refractivity contribution < 1.29 is 19.2 Å².